The third-order valence-corrected chi connectivity index (χ3v) is 4.24. The summed E-state index contributed by atoms with van der Waals surface area (Å²) in [5.74, 6) is 1.93. The van der Waals surface area contributed by atoms with Crippen molar-refractivity contribution in [3.8, 4) is 11.5 Å². The Hall–Kier alpha value is -1.97. The van der Waals surface area contributed by atoms with Crippen molar-refractivity contribution in [1.29, 1.82) is 0 Å². The Morgan fingerprint density at radius 3 is 2.36 bits per heavy atom. The van der Waals surface area contributed by atoms with Crippen molar-refractivity contribution in [2.45, 2.75) is 38.6 Å². The molecule has 1 saturated carbocycles. The van der Waals surface area contributed by atoms with E-state index in [4.69, 9.17) is 9.47 Å². The van der Waals surface area contributed by atoms with Gasteiger partial charge < -0.3 is 14.8 Å². The number of carbonyl (C=O) groups excluding carboxylic acids is 1. The molecular formula is C18H25NO3. The van der Waals surface area contributed by atoms with Gasteiger partial charge >= 0.3 is 0 Å². The lowest BCUT2D eigenvalue weighted by Gasteiger charge is -2.29. The molecule has 0 bridgehead atoms. The molecule has 1 aliphatic rings. The molecule has 1 aromatic rings. The summed E-state index contributed by atoms with van der Waals surface area (Å²) in [7, 11) is 3.22. The zero-order chi connectivity index (χ0) is 15.9. The zero-order valence-corrected chi connectivity index (χ0v) is 13.6. The van der Waals surface area contributed by atoms with Crippen LogP contribution in [0.2, 0.25) is 0 Å². The van der Waals surface area contributed by atoms with Crippen LogP contribution in [-0.4, -0.2) is 26.2 Å². The Kier molecular flexibility index (Phi) is 5.87. The summed E-state index contributed by atoms with van der Waals surface area (Å²) in [5, 5.41) is 3.11. The number of carbonyl (C=O) groups is 1. The summed E-state index contributed by atoms with van der Waals surface area (Å²) in [6.07, 6.45) is 8.11. The van der Waals surface area contributed by atoms with Gasteiger partial charge in [-0.1, -0.05) is 19.8 Å². The normalized spacial score (nSPS) is 21.6. The number of benzene rings is 1. The molecule has 1 N–H and O–H groups in total. The molecule has 0 spiro atoms. The largest absolute Gasteiger partial charge is 0.497 e. The van der Waals surface area contributed by atoms with Crippen LogP contribution < -0.4 is 14.8 Å². The molecule has 1 aromatic carbocycles. The lowest BCUT2D eigenvalue weighted by atomic mass is 9.86. The van der Waals surface area contributed by atoms with E-state index < -0.39 is 0 Å². The van der Waals surface area contributed by atoms with Crippen molar-refractivity contribution in [2.75, 3.05) is 14.2 Å². The van der Waals surface area contributed by atoms with Crippen LogP contribution in [0.4, 0.5) is 0 Å². The van der Waals surface area contributed by atoms with Gasteiger partial charge in [0.15, 0.2) is 0 Å². The van der Waals surface area contributed by atoms with Crippen molar-refractivity contribution in [1.82, 2.24) is 5.32 Å². The molecule has 0 heterocycles. The molecule has 0 aliphatic heterocycles. The third kappa shape index (κ3) is 4.52. The first-order valence-electron chi connectivity index (χ1n) is 7.84. The number of amides is 1. The highest BCUT2D eigenvalue weighted by atomic mass is 16.5. The predicted molar refractivity (Wildman–Crippen MR) is 88.1 cm³/mol. The van der Waals surface area contributed by atoms with Gasteiger partial charge in [0.2, 0.25) is 5.91 Å². The van der Waals surface area contributed by atoms with Crippen LogP contribution in [0.5, 0.6) is 11.5 Å². The molecular weight excluding hydrogens is 278 g/mol. The Labute approximate surface area is 132 Å². The van der Waals surface area contributed by atoms with E-state index in [1.165, 1.54) is 19.3 Å². The van der Waals surface area contributed by atoms with Gasteiger partial charge in [-0.05, 0) is 42.5 Å². The number of hydrogen-bond acceptors (Lipinski definition) is 3. The smallest absolute Gasteiger partial charge is 0.244 e. The molecule has 120 valence electrons. The second kappa shape index (κ2) is 7.87. The first-order chi connectivity index (χ1) is 10.6. The molecule has 1 fully saturated rings. The molecule has 0 saturated heterocycles. The number of nitrogens with one attached hydrogen (secondary N) is 1. The molecule has 2 rings (SSSR count). The SMILES string of the molecule is COc1cc(/C=C/C(=O)N[C@@H]2CCCC[C@@H]2C)cc(OC)c1. The quantitative estimate of drug-likeness (QED) is 0.848. The molecule has 2 atom stereocenters. The first-order valence-corrected chi connectivity index (χ1v) is 7.84. The van der Waals surface area contributed by atoms with Gasteiger partial charge in [-0.2, -0.15) is 0 Å². The maximum absolute atomic E-state index is 12.1. The van der Waals surface area contributed by atoms with Crippen LogP contribution in [0.3, 0.4) is 0 Å². The van der Waals surface area contributed by atoms with E-state index in [9.17, 15) is 4.79 Å². The van der Waals surface area contributed by atoms with Gasteiger partial charge in [-0.15, -0.1) is 0 Å². The summed E-state index contributed by atoms with van der Waals surface area (Å²) in [6.45, 7) is 2.21. The Balaban J connectivity index is 1.99. The van der Waals surface area contributed by atoms with Gasteiger partial charge in [0.05, 0.1) is 14.2 Å². The standard InChI is InChI=1S/C18H25NO3/c1-13-6-4-5-7-17(13)19-18(20)9-8-14-10-15(21-2)12-16(11-14)22-3/h8-13,17H,4-7H2,1-3H3,(H,19,20)/b9-8+/t13-,17+/m0/s1. The van der Waals surface area contributed by atoms with Gasteiger partial charge in [0.1, 0.15) is 11.5 Å². The number of methoxy groups -OCH3 is 2. The van der Waals surface area contributed by atoms with Crippen LogP contribution in [-0.2, 0) is 4.79 Å². The minimum absolute atomic E-state index is 0.0412. The van der Waals surface area contributed by atoms with Crippen LogP contribution >= 0.6 is 0 Å². The zero-order valence-electron chi connectivity index (χ0n) is 13.6. The van der Waals surface area contributed by atoms with Crippen LogP contribution in [0.1, 0.15) is 38.2 Å². The lowest BCUT2D eigenvalue weighted by Crippen LogP contribution is -2.40. The van der Waals surface area contributed by atoms with E-state index in [0.29, 0.717) is 23.5 Å². The fourth-order valence-electron chi connectivity index (χ4n) is 2.86. The van der Waals surface area contributed by atoms with E-state index in [1.807, 2.05) is 12.1 Å². The van der Waals surface area contributed by atoms with Crippen molar-refractivity contribution >= 4 is 12.0 Å². The van der Waals surface area contributed by atoms with Gasteiger partial charge in [-0.25, -0.2) is 0 Å². The van der Waals surface area contributed by atoms with Crippen molar-refractivity contribution < 1.29 is 14.3 Å². The van der Waals surface area contributed by atoms with Crippen molar-refractivity contribution in [3.63, 3.8) is 0 Å². The van der Waals surface area contributed by atoms with E-state index in [1.54, 1.807) is 32.4 Å². The second-order valence-corrected chi connectivity index (χ2v) is 5.86. The van der Waals surface area contributed by atoms with Crippen molar-refractivity contribution in [2.24, 2.45) is 5.92 Å². The van der Waals surface area contributed by atoms with E-state index >= 15 is 0 Å². The van der Waals surface area contributed by atoms with E-state index in [-0.39, 0.29) is 5.91 Å². The van der Waals surface area contributed by atoms with E-state index in [2.05, 4.69) is 12.2 Å². The highest BCUT2D eigenvalue weighted by Gasteiger charge is 2.21. The van der Waals surface area contributed by atoms with Crippen molar-refractivity contribution in [3.05, 3.63) is 29.8 Å². The molecule has 4 heteroatoms. The lowest BCUT2D eigenvalue weighted by molar-refractivity contribution is -0.117. The Bertz CT molecular complexity index is 517. The maximum atomic E-state index is 12.1. The van der Waals surface area contributed by atoms with E-state index in [0.717, 1.165) is 12.0 Å². The van der Waals surface area contributed by atoms with Crippen LogP contribution in [0.15, 0.2) is 24.3 Å². The van der Waals surface area contributed by atoms with Gasteiger partial charge in [-0.3, -0.25) is 4.79 Å². The summed E-state index contributed by atoms with van der Waals surface area (Å²) >= 11 is 0. The highest BCUT2D eigenvalue weighted by Crippen LogP contribution is 2.24. The summed E-state index contributed by atoms with van der Waals surface area (Å²) in [6, 6.07) is 5.84. The van der Waals surface area contributed by atoms with Gasteiger partial charge in [0.25, 0.3) is 0 Å². The first kappa shape index (κ1) is 16.4. The average molecular weight is 303 g/mol. The molecule has 1 aliphatic carbocycles. The molecule has 0 aromatic heterocycles. The second-order valence-electron chi connectivity index (χ2n) is 5.86. The minimum Gasteiger partial charge on any atom is -0.497 e. The molecule has 0 unspecified atom stereocenters. The highest BCUT2D eigenvalue weighted by molar-refractivity contribution is 5.92. The Morgan fingerprint density at radius 2 is 1.77 bits per heavy atom. The minimum atomic E-state index is -0.0412. The topological polar surface area (TPSA) is 47.6 Å². The number of rotatable bonds is 5. The summed E-state index contributed by atoms with van der Waals surface area (Å²) < 4.78 is 10.5. The van der Waals surface area contributed by atoms with Gasteiger partial charge in [0, 0.05) is 18.2 Å². The average Bonchev–Trinajstić information content (AvgIpc) is 2.54. The Morgan fingerprint density at radius 1 is 1.14 bits per heavy atom. The third-order valence-electron chi connectivity index (χ3n) is 4.24. The summed E-state index contributed by atoms with van der Waals surface area (Å²) in [5.41, 5.74) is 0.878. The molecule has 4 nitrogen and oxygen atoms in total. The monoisotopic (exact) mass is 303 g/mol. The molecule has 0 radical (unpaired) electrons. The fourth-order valence-corrected chi connectivity index (χ4v) is 2.86. The molecule has 22 heavy (non-hydrogen) atoms. The predicted octanol–water partition coefficient (Wildman–Crippen LogP) is 3.41. The molecule has 1 amide bonds. The number of hydrogen-bond donors (Lipinski definition) is 1. The van der Waals surface area contributed by atoms with Crippen LogP contribution in [0, 0.1) is 5.92 Å². The number of ether oxygens (including phenoxy) is 2. The maximum Gasteiger partial charge on any atom is 0.244 e. The fraction of sp³-hybridized carbons (Fsp3) is 0.500. The summed E-state index contributed by atoms with van der Waals surface area (Å²) in [4.78, 5) is 12.1. The van der Waals surface area contributed by atoms with Crippen LogP contribution in [0.25, 0.3) is 6.08 Å².